The van der Waals surface area contributed by atoms with E-state index in [2.05, 4.69) is 11.7 Å². The SMILES string of the molecule is C=C1CC2N=C(C)c3cc(F)ccc3C2CCn2nc(C(F)(F)F)cc2-c2cccc[n+]21. The number of hydrogen-bond donors (Lipinski definition) is 0. The third-order valence-electron chi connectivity index (χ3n) is 6.26. The Balaban J connectivity index is 1.67. The van der Waals surface area contributed by atoms with E-state index >= 15 is 0 Å². The fourth-order valence-corrected chi connectivity index (χ4v) is 4.78. The number of pyridine rings is 1. The molecule has 164 valence electrons. The highest BCUT2D eigenvalue weighted by atomic mass is 19.4. The van der Waals surface area contributed by atoms with E-state index in [9.17, 15) is 17.6 Å². The van der Waals surface area contributed by atoms with Gasteiger partial charge in [-0.15, -0.1) is 0 Å². The van der Waals surface area contributed by atoms with Gasteiger partial charge in [0.2, 0.25) is 5.69 Å². The maximum Gasteiger partial charge on any atom is 0.435 e. The van der Waals surface area contributed by atoms with E-state index < -0.39 is 11.9 Å². The molecule has 0 N–H and O–H groups in total. The van der Waals surface area contributed by atoms with Crippen molar-refractivity contribution in [3.8, 4) is 11.4 Å². The summed E-state index contributed by atoms with van der Waals surface area (Å²) < 4.78 is 57.6. The molecule has 2 atom stereocenters. The fraction of sp³-hybridized carbons (Fsp3) is 0.292. The largest absolute Gasteiger partial charge is 0.435 e. The van der Waals surface area contributed by atoms with Crippen molar-refractivity contribution in [1.29, 1.82) is 0 Å². The Morgan fingerprint density at radius 2 is 1.97 bits per heavy atom. The van der Waals surface area contributed by atoms with Gasteiger partial charge in [0.05, 0.1) is 12.5 Å². The normalized spacial score (nSPS) is 20.5. The Bertz CT molecular complexity index is 1260. The number of hydrogen-bond acceptors (Lipinski definition) is 2. The minimum atomic E-state index is -4.55. The Hall–Kier alpha value is -3.29. The van der Waals surface area contributed by atoms with E-state index in [1.165, 1.54) is 16.8 Å². The monoisotopic (exact) mass is 441 g/mol. The molecule has 32 heavy (non-hydrogen) atoms. The minimum absolute atomic E-state index is 0.0942. The average molecular weight is 441 g/mol. The van der Waals surface area contributed by atoms with Crippen LogP contribution >= 0.6 is 0 Å². The first kappa shape index (κ1) is 20.6. The van der Waals surface area contributed by atoms with E-state index in [0.29, 0.717) is 24.2 Å². The van der Waals surface area contributed by atoms with Crippen molar-refractivity contribution in [3.63, 3.8) is 0 Å². The van der Waals surface area contributed by atoms with E-state index in [1.54, 1.807) is 29.0 Å². The van der Waals surface area contributed by atoms with Crippen molar-refractivity contribution < 1.29 is 22.1 Å². The molecule has 0 radical (unpaired) electrons. The van der Waals surface area contributed by atoms with Crippen LogP contribution in [0.1, 0.15) is 42.5 Å². The van der Waals surface area contributed by atoms with Gasteiger partial charge in [0.15, 0.2) is 17.6 Å². The summed E-state index contributed by atoms with van der Waals surface area (Å²) >= 11 is 0. The molecule has 8 heteroatoms. The van der Waals surface area contributed by atoms with Crippen molar-refractivity contribution in [2.24, 2.45) is 4.99 Å². The molecular formula is C24H21F4N4+. The first-order valence-corrected chi connectivity index (χ1v) is 10.4. The summed E-state index contributed by atoms with van der Waals surface area (Å²) in [6.07, 6.45) is -1.70. The molecule has 0 saturated heterocycles. The Morgan fingerprint density at radius 3 is 2.75 bits per heavy atom. The summed E-state index contributed by atoms with van der Waals surface area (Å²) in [4.78, 5) is 4.85. The number of alkyl halides is 3. The van der Waals surface area contributed by atoms with Crippen LogP contribution in [0.2, 0.25) is 0 Å². The molecule has 0 saturated carbocycles. The lowest BCUT2D eigenvalue weighted by Crippen LogP contribution is -2.38. The number of benzene rings is 1. The summed E-state index contributed by atoms with van der Waals surface area (Å²) in [6, 6.07) is 11.0. The fourth-order valence-electron chi connectivity index (χ4n) is 4.78. The first-order chi connectivity index (χ1) is 15.2. The summed E-state index contributed by atoms with van der Waals surface area (Å²) in [5.41, 5.74) is 3.23. The number of rotatable bonds is 0. The predicted molar refractivity (Wildman–Crippen MR) is 113 cm³/mol. The predicted octanol–water partition coefficient (Wildman–Crippen LogP) is 5.24. The molecule has 1 aromatic carbocycles. The molecular weight excluding hydrogens is 420 g/mol. The first-order valence-electron chi connectivity index (χ1n) is 10.4. The smallest absolute Gasteiger partial charge is 0.285 e. The van der Waals surface area contributed by atoms with Gasteiger partial charge in [-0.05, 0) is 43.7 Å². The van der Waals surface area contributed by atoms with Gasteiger partial charge in [-0.2, -0.15) is 22.8 Å². The van der Waals surface area contributed by atoms with Crippen molar-refractivity contribution in [2.45, 2.75) is 44.4 Å². The third-order valence-corrected chi connectivity index (χ3v) is 6.26. The second-order valence-corrected chi connectivity index (χ2v) is 8.27. The highest BCUT2D eigenvalue weighted by Gasteiger charge is 2.38. The van der Waals surface area contributed by atoms with Gasteiger partial charge in [-0.1, -0.05) is 6.07 Å². The Labute approximate surface area is 182 Å². The van der Waals surface area contributed by atoms with Crippen LogP contribution in [0.15, 0.2) is 60.2 Å². The molecule has 2 aliphatic heterocycles. The molecule has 0 bridgehead atoms. The number of aliphatic imine (C=N–C) groups is 1. The van der Waals surface area contributed by atoms with Crippen molar-refractivity contribution in [3.05, 3.63) is 77.9 Å². The summed E-state index contributed by atoms with van der Waals surface area (Å²) in [5, 5.41) is 3.90. The molecule has 0 fully saturated rings. The standard InChI is InChI=1S/C24H21F4N4/c1-14-11-20-18(17-7-6-16(25)12-19(17)15(2)29-20)8-10-32-22(13-23(30-32)24(26,27)28)21-5-3-4-9-31(14)21/h3-7,9,12-13,18,20H,1,8,10-11H2,2H3/q+1. The zero-order valence-corrected chi connectivity index (χ0v) is 17.4. The molecule has 2 aliphatic rings. The number of aromatic nitrogens is 3. The number of halogens is 4. The van der Waals surface area contributed by atoms with Crippen LogP contribution in [-0.4, -0.2) is 21.5 Å². The Kier molecular flexibility index (Phi) is 4.76. The van der Waals surface area contributed by atoms with Gasteiger partial charge in [0, 0.05) is 41.9 Å². The molecule has 3 aromatic rings. The second-order valence-electron chi connectivity index (χ2n) is 8.27. The molecule has 5 rings (SSSR count). The zero-order valence-electron chi connectivity index (χ0n) is 17.4. The molecule has 0 spiro atoms. The highest BCUT2D eigenvalue weighted by molar-refractivity contribution is 6.01. The van der Waals surface area contributed by atoms with Crippen LogP contribution in [-0.2, 0) is 12.7 Å². The maximum absolute atomic E-state index is 13.9. The van der Waals surface area contributed by atoms with Crippen LogP contribution in [0.3, 0.4) is 0 Å². The van der Waals surface area contributed by atoms with E-state index in [-0.39, 0.29) is 24.3 Å². The number of nitrogens with zero attached hydrogens (tertiary/aromatic N) is 4. The van der Waals surface area contributed by atoms with E-state index in [1.807, 2.05) is 13.0 Å². The third kappa shape index (κ3) is 3.43. The quantitative estimate of drug-likeness (QED) is 0.347. The topological polar surface area (TPSA) is 34.1 Å². The minimum Gasteiger partial charge on any atom is -0.285 e. The van der Waals surface area contributed by atoms with Gasteiger partial charge >= 0.3 is 6.18 Å². The lowest BCUT2D eigenvalue weighted by molar-refractivity contribution is -0.571. The van der Waals surface area contributed by atoms with Crippen molar-refractivity contribution >= 4 is 11.4 Å². The highest BCUT2D eigenvalue weighted by Crippen LogP contribution is 2.38. The molecule has 2 aromatic heterocycles. The van der Waals surface area contributed by atoms with Gasteiger partial charge in [0.1, 0.15) is 11.5 Å². The molecule has 4 nitrogen and oxygen atoms in total. The van der Waals surface area contributed by atoms with Gasteiger partial charge in [-0.25, -0.2) is 4.39 Å². The molecule has 2 unspecified atom stereocenters. The summed E-state index contributed by atoms with van der Waals surface area (Å²) in [6.45, 7) is 6.36. The van der Waals surface area contributed by atoms with Crippen LogP contribution in [0.5, 0.6) is 0 Å². The van der Waals surface area contributed by atoms with Gasteiger partial charge in [-0.3, -0.25) is 9.67 Å². The lowest BCUT2D eigenvalue weighted by atomic mass is 9.80. The lowest BCUT2D eigenvalue weighted by Gasteiger charge is -2.31. The van der Waals surface area contributed by atoms with Crippen LogP contribution in [0, 0.1) is 5.82 Å². The van der Waals surface area contributed by atoms with Crippen molar-refractivity contribution in [2.75, 3.05) is 0 Å². The Morgan fingerprint density at radius 1 is 1.16 bits per heavy atom. The van der Waals surface area contributed by atoms with E-state index in [0.717, 1.165) is 28.6 Å². The summed E-state index contributed by atoms with van der Waals surface area (Å²) in [7, 11) is 0. The van der Waals surface area contributed by atoms with Crippen LogP contribution in [0.4, 0.5) is 17.6 Å². The average Bonchev–Trinajstić information content (AvgIpc) is 3.18. The maximum atomic E-state index is 13.9. The summed E-state index contributed by atoms with van der Waals surface area (Å²) in [5.74, 6) is -0.432. The second kappa shape index (κ2) is 7.39. The molecule has 4 heterocycles. The van der Waals surface area contributed by atoms with Crippen LogP contribution in [0.25, 0.3) is 17.1 Å². The molecule has 0 amide bonds. The zero-order chi connectivity index (χ0) is 22.6. The van der Waals surface area contributed by atoms with Crippen molar-refractivity contribution in [1.82, 2.24) is 9.78 Å². The number of aryl methyl sites for hydroxylation is 1. The number of fused-ring (bicyclic) bond motifs is 6. The molecule has 0 aliphatic carbocycles. The van der Waals surface area contributed by atoms with Gasteiger partial charge < -0.3 is 0 Å². The van der Waals surface area contributed by atoms with Crippen LogP contribution < -0.4 is 4.57 Å². The van der Waals surface area contributed by atoms with E-state index in [4.69, 9.17) is 4.99 Å². The van der Waals surface area contributed by atoms with Gasteiger partial charge in [0.25, 0.3) is 0 Å².